The van der Waals surface area contributed by atoms with Gasteiger partial charge in [-0.1, -0.05) is 44.9 Å². The van der Waals surface area contributed by atoms with E-state index in [4.69, 9.17) is 0 Å². The second kappa shape index (κ2) is 7.84. The SMILES string of the molecule is C=CCC[C@H](CC[C@H](C)CC)C(=C)C. The van der Waals surface area contributed by atoms with Crippen LogP contribution in [-0.4, -0.2) is 0 Å². The van der Waals surface area contributed by atoms with Gasteiger partial charge in [-0.3, -0.25) is 0 Å². The van der Waals surface area contributed by atoms with Crippen LogP contribution in [0.5, 0.6) is 0 Å². The van der Waals surface area contributed by atoms with Crippen LogP contribution in [0.2, 0.25) is 0 Å². The number of hydrogen-bond acceptors (Lipinski definition) is 0. The van der Waals surface area contributed by atoms with Gasteiger partial charge in [0.1, 0.15) is 0 Å². The van der Waals surface area contributed by atoms with E-state index in [0.717, 1.165) is 12.3 Å². The summed E-state index contributed by atoms with van der Waals surface area (Å²) in [4.78, 5) is 0. The second-order valence-electron chi connectivity index (χ2n) is 4.50. The summed E-state index contributed by atoms with van der Waals surface area (Å²) >= 11 is 0. The first kappa shape index (κ1) is 13.5. The van der Waals surface area contributed by atoms with E-state index >= 15 is 0 Å². The van der Waals surface area contributed by atoms with Crippen molar-refractivity contribution in [1.29, 1.82) is 0 Å². The van der Waals surface area contributed by atoms with E-state index in [1.807, 2.05) is 6.08 Å². The molecule has 0 bridgehead atoms. The van der Waals surface area contributed by atoms with Crippen LogP contribution in [0.3, 0.4) is 0 Å². The van der Waals surface area contributed by atoms with Crippen LogP contribution < -0.4 is 0 Å². The van der Waals surface area contributed by atoms with Crippen molar-refractivity contribution in [3.8, 4) is 0 Å². The molecule has 0 saturated carbocycles. The minimum atomic E-state index is 0.710. The van der Waals surface area contributed by atoms with Crippen LogP contribution in [0.1, 0.15) is 52.9 Å². The van der Waals surface area contributed by atoms with Crippen molar-refractivity contribution in [3.05, 3.63) is 24.8 Å². The predicted molar refractivity (Wildman–Crippen MR) is 66.4 cm³/mol. The highest BCUT2D eigenvalue weighted by Gasteiger charge is 2.10. The fourth-order valence-corrected chi connectivity index (χ4v) is 1.65. The minimum absolute atomic E-state index is 0.710. The molecule has 0 heterocycles. The molecule has 0 amide bonds. The maximum Gasteiger partial charge on any atom is -0.0206 e. The Balaban J connectivity index is 3.84. The average molecular weight is 194 g/mol. The van der Waals surface area contributed by atoms with Crippen molar-refractivity contribution >= 4 is 0 Å². The Bertz CT molecular complexity index is 167. The Morgan fingerprint density at radius 1 is 1.29 bits per heavy atom. The highest BCUT2D eigenvalue weighted by atomic mass is 14.2. The number of rotatable bonds is 8. The van der Waals surface area contributed by atoms with Gasteiger partial charge in [0.25, 0.3) is 0 Å². The topological polar surface area (TPSA) is 0 Å². The van der Waals surface area contributed by atoms with Gasteiger partial charge in [-0.25, -0.2) is 0 Å². The summed E-state index contributed by atoms with van der Waals surface area (Å²) in [6, 6.07) is 0. The third kappa shape index (κ3) is 6.01. The van der Waals surface area contributed by atoms with Crippen LogP contribution in [0.25, 0.3) is 0 Å². The lowest BCUT2D eigenvalue weighted by Crippen LogP contribution is -2.04. The standard InChI is InChI=1S/C14H26/c1-6-8-9-14(12(3)4)11-10-13(5)7-2/h6,13-14H,1,3,7-11H2,2,4-5H3/t13-,14-/m1/s1. The third-order valence-electron chi connectivity index (χ3n) is 3.12. The molecule has 14 heavy (non-hydrogen) atoms. The smallest absolute Gasteiger partial charge is 0.0206 e. The Morgan fingerprint density at radius 3 is 2.36 bits per heavy atom. The molecule has 0 unspecified atom stereocenters. The van der Waals surface area contributed by atoms with Gasteiger partial charge in [-0.2, -0.15) is 0 Å². The predicted octanol–water partition coefficient (Wildman–Crippen LogP) is 4.97. The lowest BCUT2D eigenvalue weighted by Gasteiger charge is -2.18. The van der Waals surface area contributed by atoms with Crippen molar-refractivity contribution in [2.45, 2.75) is 52.9 Å². The van der Waals surface area contributed by atoms with Crippen LogP contribution in [-0.2, 0) is 0 Å². The van der Waals surface area contributed by atoms with E-state index in [2.05, 4.69) is 33.9 Å². The lowest BCUT2D eigenvalue weighted by atomic mass is 9.88. The molecule has 0 radical (unpaired) electrons. The molecule has 0 aliphatic carbocycles. The molecule has 0 aromatic heterocycles. The van der Waals surface area contributed by atoms with E-state index in [1.54, 1.807) is 0 Å². The summed E-state index contributed by atoms with van der Waals surface area (Å²) in [5, 5.41) is 0. The third-order valence-corrected chi connectivity index (χ3v) is 3.12. The van der Waals surface area contributed by atoms with Crippen molar-refractivity contribution in [3.63, 3.8) is 0 Å². The van der Waals surface area contributed by atoms with Gasteiger partial charge in [0.2, 0.25) is 0 Å². The zero-order valence-electron chi connectivity index (χ0n) is 10.2. The summed E-state index contributed by atoms with van der Waals surface area (Å²) in [7, 11) is 0. The fourth-order valence-electron chi connectivity index (χ4n) is 1.65. The molecule has 0 aliphatic rings. The van der Waals surface area contributed by atoms with Gasteiger partial charge in [0.05, 0.1) is 0 Å². The molecule has 0 aliphatic heterocycles. The molecule has 0 nitrogen and oxygen atoms in total. The lowest BCUT2D eigenvalue weighted by molar-refractivity contribution is 0.422. The first-order valence-corrected chi connectivity index (χ1v) is 5.88. The highest BCUT2D eigenvalue weighted by Crippen LogP contribution is 2.24. The first-order chi connectivity index (χ1) is 6.61. The van der Waals surface area contributed by atoms with Gasteiger partial charge in [0.15, 0.2) is 0 Å². The molecule has 0 saturated heterocycles. The molecule has 82 valence electrons. The Morgan fingerprint density at radius 2 is 1.93 bits per heavy atom. The van der Waals surface area contributed by atoms with E-state index in [0.29, 0.717) is 5.92 Å². The minimum Gasteiger partial charge on any atom is -0.103 e. The number of hydrogen-bond donors (Lipinski definition) is 0. The maximum atomic E-state index is 4.08. The van der Waals surface area contributed by atoms with Crippen LogP contribution >= 0.6 is 0 Å². The summed E-state index contributed by atoms with van der Waals surface area (Å²) in [6.07, 6.45) is 8.31. The van der Waals surface area contributed by atoms with Gasteiger partial charge < -0.3 is 0 Å². The molecule has 0 rings (SSSR count). The monoisotopic (exact) mass is 194 g/mol. The van der Waals surface area contributed by atoms with Crippen LogP contribution in [0, 0.1) is 11.8 Å². The van der Waals surface area contributed by atoms with E-state index in [-0.39, 0.29) is 0 Å². The second-order valence-corrected chi connectivity index (χ2v) is 4.50. The Labute approximate surface area is 90.1 Å². The zero-order chi connectivity index (χ0) is 11.0. The van der Waals surface area contributed by atoms with Crippen molar-refractivity contribution in [1.82, 2.24) is 0 Å². The molecular formula is C14H26. The van der Waals surface area contributed by atoms with E-state index < -0.39 is 0 Å². The van der Waals surface area contributed by atoms with Crippen LogP contribution in [0.15, 0.2) is 24.8 Å². The Hall–Kier alpha value is -0.520. The van der Waals surface area contributed by atoms with Crippen LogP contribution in [0.4, 0.5) is 0 Å². The molecular weight excluding hydrogens is 168 g/mol. The largest absolute Gasteiger partial charge is 0.103 e. The quantitative estimate of drug-likeness (QED) is 0.478. The maximum absolute atomic E-state index is 4.08. The van der Waals surface area contributed by atoms with Gasteiger partial charge >= 0.3 is 0 Å². The van der Waals surface area contributed by atoms with Gasteiger partial charge in [0, 0.05) is 0 Å². The zero-order valence-corrected chi connectivity index (χ0v) is 10.2. The highest BCUT2D eigenvalue weighted by molar-refractivity contribution is 4.96. The van der Waals surface area contributed by atoms with Gasteiger partial charge in [-0.05, 0) is 38.0 Å². The first-order valence-electron chi connectivity index (χ1n) is 5.88. The normalized spacial score (nSPS) is 14.8. The summed E-state index contributed by atoms with van der Waals surface area (Å²) in [5.74, 6) is 1.57. The fraction of sp³-hybridized carbons (Fsp3) is 0.714. The molecule has 0 aromatic rings. The molecule has 0 spiro atoms. The molecule has 0 fully saturated rings. The average Bonchev–Trinajstić information content (AvgIpc) is 2.16. The van der Waals surface area contributed by atoms with Crippen molar-refractivity contribution in [2.24, 2.45) is 11.8 Å². The van der Waals surface area contributed by atoms with Gasteiger partial charge in [-0.15, -0.1) is 6.58 Å². The molecule has 0 aromatic carbocycles. The van der Waals surface area contributed by atoms with E-state index in [1.165, 1.54) is 31.3 Å². The van der Waals surface area contributed by atoms with E-state index in [9.17, 15) is 0 Å². The van der Waals surface area contributed by atoms with Crippen molar-refractivity contribution < 1.29 is 0 Å². The molecule has 0 N–H and O–H groups in total. The number of allylic oxidation sites excluding steroid dienone is 2. The molecule has 2 atom stereocenters. The summed E-state index contributed by atoms with van der Waals surface area (Å²) in [5.41, 5.74) is 1.34. The molecule has 0 heteroatoms. The summed E-state index contributed by atoms with van der Waals surface area (Å²) < 4.78 is 0. The van der Waals surface area contributed by atoms with Crippen molar-refractivity contribution in [2.75, 3.05) is 0 Å². The summed E-state index contributed by atoms with van der Waals surface area (Å²) in [6.45, 7) is 14.6. The Kier molecular flexibility index (Phi) is 7.55.